The summed E-state index contributed by atoms with van der Waals surface area (Å²) in [4.78, 5) is 13.6. The Morgan fingerprint density at radius 3 is 2.23 bits per heavy atom. The Bertz CT molecular complexity index is 908. The molecule has 0 unspecified atom stereocenters. The van der Waals surface area contributed by atoms with E-state index in [1.807, 2.05) is 67.6 Å². The Kier molecular flexibility index (Phi) is 6.25. The minimum atomic E-state index is -0.132. The maximum absolute atomic E-state index is 12.4. The van der Waals surface area contributed by atoms with Crippen molar-refractivity contribution in [3.05, 3.63) is 93.5 Å². The second-order valence-electron chi connectivity index (χ2n) is 5.85. The van der Waals surface area contributed by atoms with Crippen LogP contribution in [-0.2, 0) is 5.75 Å². The summed E-state index contributed by atoms with van der Waals surface area (Å²) in [5.41, 5.74) is 3.48. The molecule has 3 aromatic rings. The van der Waals surface area contributed by atoms with E-state index in [0.29, 0.717) is 10.6 Å². The largest absolute Gasteiger partial charge is 0.322 e. The SMILES string of the molecule is Cc1cc(Cl)ccc1NC(=O)c1ccc(CSc2ccc(Cl)cc2)cc1. The topological polar surface area (TPSA) is 29.1 Å². The van der Waals surface area contributed by atoms with Gasteiger partial charge in [-0.1, -0.05) is 35.3 Å². The predicted octanol–water partition coefficient (Wildman–Crippen LogP) is 6.85. The molecule has 3 rings (SSSR count). The number of thioether (sulfide) groups is 1. The van der Waals surface area contributed by atoms with Gasteiger partial charge < -0.3 is 5.32 Å². The van der Waals surface area contributed by atoms with Gasteiger partial charge in [-0.3, -0.25) is 4.79 Å². The third kappa shape index (κ3) is 5.04. The molecule has 0 saturated carbocycles. The van der Waals surface area contributed by atoms with Crippen LogP contribution in [0.3, 0.4) is 0 Å². The monoisotopic (exact) mass is 401 g/mol. The smallest absolute Gasteiger partial charge is 0.255 e. The van der Waals surface area contributed by atoms with Gasteiger partial charge in [0.2, 0.25) is 0 Å². The summed E-state index contributed by atoms with van der Waals surface area (Å²) in [6.07, 6.45) is 0. The van der Waals surface area contributed by atoms with E-state index < -0.39 is 0 Å². The van der Waals surface area contributed by atoms with E-state index in [0.717, 1.165) is 32.5 Å². The Balaban J connectivity index is 1.61. The minimum Gasteiger partial charge on any atom is -0.322 e. The predicted molar refractivity (Wildman–Crippen MR) is 112 cm³/mol. The molecule has 0 spiro atoms. The van der Waals surface area contributed by atoms with E-state index in [9.17, 15) is 4.79 Å². The molecule has 0 radical (unpaired) electrons. The molecule has 0 fully saturated rings. The number of carbonyl (C=O) groups is 1. The molecular weight excluding hydrogens is 385 g/mol. The molecule has 0 bridgehead atoms. The first kappa shape index (κ1) is 18.8. The first-order valence-corrected chi connectivity index (χ1v) is 9.80. The van der Waals surface area contributed by atoms with Crippen molar-refractivity contribution in [3.63, 3.8) is 0 Å². The number of anilines is 1. The van der Waals surface area contributed by atoms with E-state index in [-0.39, 0.29) is 5.91 Å². The molecule has 26 heavy (non-hydrogen) atoms. The van der Waals surface area contributed by atoms with E-state index in [4.69, 9.17) is 23.2 Å². The average molecular weight is 402 g/mol. The van der Waals surface area contributed by atoms with Crippen molar-refractivity contribution in [2.45, 2.75) is 17.6 Å². The number of amides is 1. The molecule has 1 amide bonds. The molecule has 0 atom stereocenters. The number of hydrogen-bond acceptors (Lipinski definition) is 2. The first-order chi connectivity index (χ1) is 12.5. The Hall–Kier alpha value is -1.94. The van der Waals surface area contributed by atoms with Crippen LogP contribution in [0.1, 0.15) is 21.5 Å². The molecule has 0 aliphatic rings. The standard InChI is InChI=1S/C21H17Cl2NOS/c1-14-12-18(23)8-11-20(14)24-21(25)16-4-2-15(3-5-16)13-26-19-9-6-17(22)7-10-19/h2-12H,13H2,1H3,(H,24,25). The van der Waals surface area contributed by atoms with Gasteiger partial charge in [-0.25, -0.2) is 0 Å². The zero-order valence-electron chi connectivity index (χ0n) is 14.1. The summed E-state index contributed by atoms with van der Waals surface area (Å²) in [7, 11) is 0. The molecule has 2 nitrogen and oxygen atoms in total. The van der Waals surface area contributed by atoms with Gasteiger partial charge in [-0.2, -0.15) is 0 Å². The van der Waals surface area contributed by atoms with Crippen LogP contribution in [-0.4, -0.2) is 5.91 Å². The quantitative estimate of drug-likeness (QED) is 0.473. The van der Waals surface area contributed by atoms with Crippen molar-refractivity contribution in [1.82, 2.24) is 0 Å². The van der Waals surface area contributed by atoms with Gasteiger partial charge in [0.15, 0.2) is 0 Å². The summed E-state index contributed by atoms with van der Waals surface area (Å²) in [5.74, 6) is 0.701. The maximum Gasteiger partial charge on any atom is 0.255 e. The molecule has 0 saturated heterocycles. The molecule has 0 heterocycles. The third-order valence-corrected chi connectivity index (χ3v) is 5.44. The highest BCUT2D eigenvalue weighted by Gasteiger charge is 2.08. The van der Waals surface area contributed by atoms with Gasteiger partial charge in [-0.15, -0.1) is 11.8 Å². The second kappa shape index (κ2) is 8.63. The Labute approximate surface area is 167 Å². The van der Waals surface area contributed by atoms with Gasteiger partial charge in [0.25, 0.3) is 5.91 Å². The molecule has 5 heteroatoms. The Morgan fingerprint density at radius 1 is 0.923 bits per heavy atom. The van der Waals surface area contributed by atoms with Crippen LogP contribution in [0.5, 0.6) is 0 Å². The van der Waals surface area contributed by atoms with E-state index in [1.165, 1.54) is 0 Å². The normalized spacial score (nSPS) is 10.6. The number of halogens is 2. The summed E-state index contributed by atoms with van der Waals surface area (Å²) in [6, 6.07) is 20.8. The summed E-state index contributed by atoms with van der Waals surface area (Å²) in [6.45, 7) is 1.92. The van der Waals surface area contributed by atoms with E-state index in [2.05, 4.69) is 5.32 Å². The van der Waals surface area contributed by atoms with Crippen LogP contribution in [0.15, 0.2) is 71.6 Å². The van der Waals surface area contributed by atoms with Crippen molar-refractivity contribution in [2.24, 2.45) is 0 Å². The van der Waals surface area contributed by atoms with Crippen LogP contribution in [0.2, 0.25) is 10.0 Å². The van der Waals surface area contributed by atoms with Crippen molar-refractivity contribution in [2.75, 3.05) is 5.32 Å². The molecule has 3 aromatic carbocycles. The van der Waals surface area contributed by atoms with Gasteiger partial charge in [0.05, 0.1) is 0 Å². The molecule has 0 aromatic heterocycles. The fourth-order valence-corrected chi connectivity index (χ4v) is 3.62. The van der Waals surface area contributed by atoms with Crippen molar-refractivity contribution < 1.29 is 4.79 Å². The molecule has 0 aliphatic carbocycles. The lowest BCUT2D eigenvalue weighted by Gasteiger charge is -2.09. The maximum atomic E-state index is 12.4. The number of carbonyl (C=O) groups excluding carboxylic acids is 1. The zero-order valence-corrected chi connectivity index (χ0v) is 16.5. The van der Waals surface area contributed by atoms with E-state index in [1.54, 1.807) is 17.8 Å². The van der Waals surface area contributed by atoms with Crippen molar-refractivity contribution in [1.29, 1.82) is 0 Å². The lowest BCUT2D eigenvalue weighted by atomic mass is 10.1. The van der Waals surface area contributed by atoms with Gasteiger partial charge >= 0.3 is 0 Å². The summed E-state index contributed by atoms with van der Waals surface area (Å²) < 4.78 is 0. The lowest BCUT2D eigenvalue weighted by Crippen LogP contribution is -2.12. The molecule has 132 valence electrons. The van der Waals surface area contributed by atoms with Crippen LogP contribution >= 0.6 is 35.0 Å². The van der Waals surface area contributed by atoms with E-state index >= 15 is 0 Å². The molecule has 0 aliphatic heterocycles. The number of nitrogens with one attached hydrogen (secondary N) is 1. The van der Waals surface area contributed by atoms with Crippen LogP contribution in [0.25, 0.3) is 0 Å². The minimum absolute atomic E-state index is 0.132. The van der Waals surface area contributed by atoms with Gasteiger partial charge in [-0.05, 0) is 72.6 Å². The summed E-state index contributed by atoms with van der Waals surface area (Å²) in [5, 5.41) is 4.31. The average Bonchev–Trinajstić information content (AvgIpc) is 2.64. The number of aryl methyl sites for hydroxylation is 1. The number of rotatable bonds is 5. The van der Waals surface area contributed by atoms with Gasteiger partial charge in [0, 0.05) is 31.9 Å². The highest BCUT2D eigenvalue weighted by Crippen LogP contribution is 2.25. The fourth-order valence-electron chi connectivity index (χ4n) is 2.41. The molecular formula is C21H17Cl2NOS. The number of hydrogen-bond donors (Lipinski definition) is 1. The highest BCUT2D eigenvalue weighted by molar-refractivity contribution is 7.98. The Morgan fingerprint density at radius 2 is 1.58 bits per heavy atom. The third-order valence-electron chi connectivity index (χ3n) is 3.87. The number of benzene rings is 3. The second-order valence-corrected chi connectivity index (χ2v) is 7.77. The fraction of sp³-hybridized carbons (Fsp3) is 0.0952. The first-order valence-electron chi connectivity index (χ1n) is 8.06. The van der Waals surface area contributed by atoms with Gasteiger partial charge in [0.1, 0.15) is 0 Å². The van der Waals surface area contributed by atoms with Crippen LogP contribution in [0, 0.1) is 6.92 Å². The van der Waals surface area contributed by atoms with Crippen molar-refractivity contribution >= 4 is 46.6 Å². The lowest BCUT2D eigenvalue weighted by molar-refractivity contribution is 0.102. The highest BCUT2D eigenvalue weighted by atomic mass is 35.5. The molecule has 1 N–H and O–H groups in total. The van der Waals surface area contributed by atoms with Crippen molar-refractivity contribution in [3.8, 4) is 0 Å². The van der Waals surface area contributed by atoms with Crippen LogP contribution in [0.4, 0.5) is 5.69 Å². The van der Waals surface area contributed by atoms with Crippen LogP contribution < -0.4 is 5.32 Å². The summed E-state index contributed by atoms with van der Waals surface area (Å²) >= 11 is 13.6. The zero-order chi connectivity index (χ0) is 18.5.